The zero-order chi connectivity index (χ0) is 26.8. The van der Waals surface area contributed by atoms with Crippen molar-refractivity contribution in [1.82, 2.24) is 15.5 Å². The van der Waals surface area contributed by atoms with Crippen molar-refractivity contribution in [3.05, 3.63) is 65.7 Å². The number of ether oxygens (including phenoxy) is 2. The van der Waals surface area contributed by atoms with Crippen molar-refractivity contribution in [1.29, 1.82) is 0 Å². The van der Waals surface area contributed by atoms with Gasteiger partial charge in [0, 0.05) is 18.9 Å². The van der Waals surface area contributed by atoms with Crippen LogP contribution in [0.3, 0.4) is 0 Å². The van der Waals surface area contributed by atoms with E-state index in [0.29, 0.717) is 18.9 Å². The minimum Gasteiger partial charge on any atom is -0.497 e. The third-order valence-electron chi connectivity index (χ3n) is 6.63. The Morgan fingerprint density at radius 2 is 1.68 bits per heavy atom. The summed E-state index contributed by atoms with van der Waals surface area (Å²) in [5, 5.41) is 15.3. The second-order valence-corrected chi connectivity index (χ2v) is 9.42. The van der Waals surface area contributed by atoms with Gasteiger partial charge in [0.2, 0.25) is 11.8 Å². The molecule has 200 valence electrons. The van der Waals surface area contributed by atoms with Crippen molar-refractivity contribution in [2.45, 2.75) is 37.9 Å². The summed E-state index contributed by atoms with van der Waals surface area (Å²) in [6.45, 7) is 2.70. The van der Waals surface area contributed by atoms with E-state index >= 15 is 0 Å². The van der Waals surface area contributed by atoms with Crippen molar-refractivity contribution >= 4 is 17.6 Å². The highest BCUT2D eigenvalue weighted by Gasteiger charge is 2.33. The van der Waals surface area contributed by atoms with Crippen LogP contribution in [0.15, 0.2) is 54.6 Å². The highest BCUT2D eigenvalue weighted by Crippen LogP contribution is 2.15. The zero-order valence-electron chi connectivity index (χ0n) is 21.7. The molecule has 0 aromatic heterocycles. The lowest BCUT2D eigenvalue weighted by Gasteiger charge is -2.32. The lowest BCUT2D eigenvalue weighted by atomic mass is 9.94. The van der Waals surface area contributed by atoms with E-state index in [-0.39, 0.29) is 37.7 Å². The fraction of sp³-hybridized carbons (Fsp3) is 0.464. The minimum atomic E-state index is -0.924. The predicted molar refractivity (Wildman–Crippen MR) is 139 cm³/mol. The van der Waals surface area contributed by atoms with Crippen LogP contribution in [0.1, 0.15) is 18.1 Å². The first-order chi connectivity index (χ1) is 17.8. The number of Topliss-reactive ketones (excluding diaryl/α,β-unsaturated/α-hetero) is 1. The number of carbonyl (C=O) groups is 3. The summed E-state index contributed by atoms with van der Waals surface area (Å²) in [6, 6.07) is 14.3. The zero-order valence-corrected chi connectivity index (χ0v) is 21.7. The number of aliphatic hydroxyl groups is 1. The number of ketones is 1. The van der Waals surface area contributed by atoms with Gasteiger partial charge in [0.1, 0.15) is 17.8 Å². The summed E-state index contributed by atoms with van der Waals surface area (Å²) in [7, 11) is 3.42. The van der Waals surface area contributed by atoms with Crippen molar-refractivity contribution in [2.24, 2.45) is 5.92 Å². The number of morpholine rings is 1. The van der Waals surface area contributed by atoms with Crippen LogP contribution in [-0.4, -0.2) is 86.3 Å². The third-order valence-corrected chi connectivity index (χ3v) is 6.63. The second-order valence-electron chi connectivity index (χ2n) is 9.42. The predicted octanol–water partition coefficient (Wildman–Crippen LogP) is 0.978. The highest BCUT2D eigenvalue weighted by atomic mass is 16.5. The van der Waals surface area contributed by atoms with Crippen LogP contribution in [0, 0.1) is 5.92 Å². The summed E-state index contributed by atoms with van der Waals surface area (Å²) < 4.78 is 10.7. The summed E-state index contributed by atoms with van der Waals surface area (Å²) in [5.74, 6) is -1.01. The summed E-state index contributed by atoms with van der Waals surface area (Å²) in [5.41, 5.74) is 1.70. The van der Waals surface area contributed by atoms with E-state index in [1.165, 1.54) is 0 Å². The molecular weight excluding hydrogens is 474 g/mol. The maximum atomic E-state index is 13.6. The maximum Gasteiger partial charge on any atom is 0.243 e. The molecule has 1 fully saturated rings. The Morgan fingerprint density at radius 3 is 2.30 bits per heavy atom. The molecule has 0 aliphatic carbocycles. The van der Waals surface area contributed by atoms with Crippen LogP contribution in [-0.2, 0) is 32.0 Å². The van der Waals surface area contributed by atoms with Crippen molar-refractivity contribution < 1.29 is 29.0 Å². The van der Waals surface area contributed by atoms with Gasteiger partial charge in [-0.1, -0.05) is 49.4 Å². The molecule has 9 heteroatoms. The van der Waals surface area contributed by atoms with E-state index < -0.39 is 30.0 Å². The average Bonchev–Trinajstić information content (AvgIpc) is 2.92. The Kier molecular flexibility index (Phi) is 10.6. The van der Waals surface area contributed by atoms with Gasteiger partial charge < -0.3 is 25.2 Å². The molecule has 3 N–H and O–H groups in total. The minimum absolute atomic E-state index is 0.223. The van der Waals surface area contributed by atoms with Gasteiger partial charge in [-0.05, 0) is 36.7 Å². The van der Waals surface area contributed by atoms with E-state index in [2.05, 4.69) is 10.6 Å². The Morgan fingerprint density at radius 1 is 1.03 bits per heavy atom. The molecule has 1 saturated heterocycles. The van der Waals surface area contributed by atoms with E-state index in [9.17, 15) is 19.5 Å². The quantitative estimate of drug-likeness (QED) is 0.389. The molecule has 4 unspecified atom stereocenters. The van der Waals surface area contributed by atoms with Crippen molar-refractivity contribution in [3.8, 4) is 5.75 Å². The lowest BCUT2D eigenvalue weighted by Crippen LogP contribution is -2.58. The van der Waals surface area contributed by atoms with Crippen LogP contribution in [0.4, 0.5) is 0 Å². The van der Waals surface area contributed by atoms with Gasteiger partial charge >= 0.3 is 0 Å². The van der Waals surface area contributed by atoms with Crippen LogP contribution < -0.4 is 15.4 Å². The first kappa shape index (κ1) is 28.3. The molecule has 0 spiro atoms. The number of nitrogens with zero attached hydrogens (tertiary/aromatic N) is 1. The molecule has 0 radical (unpaired) electrons. The number of nitrogens with one attached hydrogen (secondary N) is 2. The molecular formula is C28H37N3O6. The first-order valence-corrected chi connectivity index (χ1v) is 12.5. The smallest absolute Gasteiger partial charge is 0.243 e. The van der Waals surface area contributed by atoms with Gasteiger partial charge in [0.15, 0.2) is 5.78 Å². The molecule has 0 saturated carbocycles. The molecule has 1 heterocycles. The van der Waals surface area contributed by atoms with Crippen LogP contribution >= 0.6 is 0 Å². The molecule has 4 atom stereocenters. The Bertz CT molecular complexity index is 1030. The van der Waals surface area contributed by atoms with Crippen molar-refractivity contribution in [2.75, 3.05) is 40.5 Å². The molecule has 1 aliphatic heterocycles. The van der Waals surface area contributed by atoms with Crippen LogP contribution in [0.5, 0.6) is 5.75 Å². The summed E-state index contributed by atoms with van der Waals surface area (Å²) in [4.78, 5) is 41.7. The monoisotopic (exact) mass is 511 g/mol. The molecule has 3 rings (SSSR count). The topological polar surface area (TPSA) is 117 Å². The largest absolute Gasteiger partial charge is 0.497 e. The number of hydrogen-bond acceptors (Lipinski definition) is 7. The van der Waals surface area contributed by atoms with Gasteiger partial charge in [-0.25, -0.2) is 0 Å². The molecule has 2 amide bonds. The number of likely N-dealkylation sites (N-methyl/N-ethyl adjacent to an activating group) is 1. The molecule has 1 aliphatic rings. The molecule has 9 nitrogen and oxygen atoms in total. The maximum absolute atomic E-state index is 13.6. The SMILES string of the molecule is COc1ccc(CC(NC(=O)C2COCCN2C)C(=O)NC(Cc2ccccc2)C(=O)C(C)CO)cc1. The fourth-order valence-electron chi connectivity index (χ4n) is 4.22. The molecule has 2 aromatic carbocycles. The van der Waals surface area contributed by atoms with E-state index in [4.69, 9.17) is 9.47 Å². The highest BCUT2D eigenvalue weighted by molar-refractivity contribution is 5.94. The lowest BCUT2D eigenvalue weighted by molar-refractivity contribution is -0.136. The average molecular weight is 512 g/mol. The Balaban J connectivity index is 1.82. The van der Waals surface area contributed by atoms with Gasteiger partial charge in [-0.15, -0.1) is 0 Å². The number of hydrogen-bond donors (Lipinski definition) is 3. The van der Waals surface area contributed by atoms with Crippen molar-refractivity contribution in [3.63, 3.8) is 0 Å². The standard InChI is InChI=1S/C28H37N3O6/c1-19(17-32)26(33)23(15-20-7-5-4-6-8-20)29-27(34)24(16-21-9-11-22(36-3)12-10-21)30-28(35)25-18-37-14-13-31(25)2/h4-12,19,23-25,32H,13-18H2,1-3H3,(H,29,34)(H,30,35). The number of methoxy groups -OCH3 is 1. The van der Waals surface area contributed by atoms with Gasteiger partial charge in [0.05, 0.1) is 33.0 Å². The van der Waals surface area contributed by atoms with Gasteiger partial charge in [0.25, 0.3) is 0 Å². The van der Waals surface area contributed by atoms with Gasteiger partial charge in [-0.2, -0.15) is 0 Å². The summed E-state index contributed by atoms with van der Waals surface area (Å²) in [6.07, 6.45) is 0.499. The number of amides is 2. The number of aliphatic hydroxyl groups excluding tert-OH is 1. The molecule has 2 aromatic rings. The normalized spacial score (nSPS) is 18.3. The number of carbonyl (C=O) groups excluding carboxylic acids is 3. The number of rotatable bonds is 12. The fourth-order valence-corrected chi connectivity index (χ4v) is 4.22. The van der Waals surface area contributed by atoms with Crippen LogP contribution in [0.2, 0.25) is 0 Å². The molecule has 0 bridgehead atoms. The Labute approximate surface area is 218 Å². The molecule has 37 heavy (non-hydrogen) atoms. The summed E-state index contributed by atoms with van der Waals surface area (Å²) >= 11 is 0. The van der Waals surface area contributed by atoms with Crippen LogP contribution in [0.25, 0.3) is 0 Å². The third kappa shape index (κ3) is 8.11. The second kappa shape index (κ2) is 13.9. The van der Waals surface area contributed by atoms with E-state index in [1.54, 1.807) is 26.2 Å². The van der Waals surface area contributed by atoms with Gasteiger partial charge in [-0.3, -0.25) is 19.3 Å². The Hall–Kier alpha value is -3.27. The number of benzene rings is 2. The first-order valence-electron chi connectivity index (χ1n) is 12.5. The van der Waals surface area contributed by atoms with E-state index in [1.807, 2.05) is 54.4 Å². The van der Waals surface area contributed by atoms with E-state index in [0.717, 1.165) is 11.1 Å².